The lowest BCUT2D eigenvalue weighted by molar-refractivity contribution is 0.305. The van der Waals surface area contributed by atoms with Gasteiger partial charge in [-0.1, -0.05) is 19.9 Å². The van der Waals surface area contributed by atoms with Crippen LogP contribution < -0.4 is 5.73 Å². The van der Waals surface area contributed by atoms with Gasteiger partial charge in [0.2, 0.25) is 0 Å². The molecule has 0 aromatic carbocycles. The van der Waals surface area contributed by atoms with Crippen LogP contribution in [0.4, 0.5) is 0 Å². The smallest absolute Gasteiger partial charge is 0.0416 e. The summed E-state index contributed by atoms with van der Waals surface area (Å²) in [5, 5.41) is 0. The molecule has 0 aliphatic rings. The first-order valence-corrected chi connectivity index (χ1v) is 6.43. The minimum absolute atomic E-state index is 0.312. The van der Waals surface area contributed by atoms with E-state index < -0.39 is 0 Å². The van der Waals surface area contributed by atoms with Crippen molar-refractivity contribution in [1.29, 1.82) is 0 Å². The van der Waals surface area contributed by atoms with E-state index >= 15 is 0 Å². The van der Waals surface area contributed by atoms with Crippen molar-refractivity contribution in [2.24, 2.45) is 11.7 Å². The molecule has 0 fully saturated rings. The van der Waals surface area contributed by atoms with Crippen LogP contribution >= 0.6 is 0 Å². The van der Waals surface area contributed by atoms with E-state index in [-0.39, 0.29) is 0 Å². The molecule has 1 aromatic heterocycles. The molecule has 1 aromatic rings. The zero-order chi connectivity index (χ0) is 12.7. The standard InChI is InChI=1S/C14H25N3/c1-12(2)14(15)8-11-17(3)10-7-13-6-4-5-9-16-13/h4-6,9,12,14H,7-8,10-11,15H2,1-3H3. The highest BCUT2D eigenvalue weighted by atomic mass is 15.1. The number of rotatable bonds is 7. The molecule has 0 saturated carbocycles. The molecule has 3 nitrogen and oxygen atoms in total. The van der Waals surface area contributed by atoms with Crippen molar-refractivity contribution in [1.82, 2.24) is 9.88 Å². The Labute approximate surface area is 105 Å². The summed E-state index contributed by atoms with van der Waals surface area (Å²) < 4.78 is 0. The Balaban J connectivity index is 2.19. The molecule has 1 rings (SSSR count). The Bertz CT molecular complexity index is 298. The fourth-order valence-corrected chi connectivity index (χ4v) is 1.67. The largest absolute Gasteiger partial charge is 0.327 e. The van der Waals surface area contributed by atoms with Crippen molar-refractivity contribution in [2.45, 2.75) is 32.7 Å². The Kier molecular flexibility index (Phi) is 6.16. The Morgan fingerprint density at radius 1 is 1.29 bits per heavy atom. The number of hydrogen-bond donors (Lipinski definition) is 1. The molecule has 0 amide bonds. The summed E-state index contributed by atoms with van der Waals surface area (Å²) in [4.78, 5) is 6.65. The fraction of sp³-hybridized carbons (Fsp3) is 0.643. The minimum Gasteiger partial charge on any atom is -0.327 e. The molecule has 0 radical (unpaired) electrons. The lowest BCUT2D eigenvalue weighted by Crippen LogP contribution is -2.32. The molecular weight excluding hydrogens is 210 g/mol. The van der Waals surface area contributed by atoms with Crippen molar-refractivity contribution in [3.05, 3.63) is 30.1 Å². The highest BCUT2D eigenvalue weighted by Gasteiger charge is 2.08. The van der Waals surface area contributed by atoms with Gasteiger partial charge in [-0.3, -0.25) is 4.98 Å². The van der Waals surface area contributed by atoms with Crippen molar-refractivity contribution in [2.75, 3.05) is 20.1 Å². The molecular formula is C14H25N3. The van der Waals surface area contributed by atoms with E-state index in [0.29, 0.717) is 12.0 Å². The third-order valence-electron chi connectivity index (χ3n) is 3.18. The highest BCUT2D eigenvalue weighted by molar-refractivity contribution is 5.03. The van der Waals surface area contributed by atoms with Crippen molar-refractivity contribution >= 4 is 0 Å². The van der Waals surface area contributed by atoms with Gasteiger partial charge in [0.15, 0.2) is 0 Å². The fourth-order valence-electron chi connectivity index (χ4n) is 1.67. The highest BCUT2D eigenvalue weighted by Crippen LogP contribution is 2.04. The van der Waals surface area contributed by atoms with Gasteiger partial charge in [0, 0.05) is 30.9 Å². The Morgan fingerprint density at radius 3 is 2.65 bits per heavy atom. The maximum Gasteiger partial charge on any atom is 0.0416 e. The summed E-state index contributed by atoms with van der Waals surface area (Å²) in [6.45, 7) is 6.46. The quantitative estimate of drug-likeness (QED) is 0.785. The average molecular weight is 235 g/mol. The monoisotopic (exact) mass is 235 g/mol. The zero-order valence-corrected chi connectivity index (χ0v) is 11.3. The zero-order valence-electron chi connectivity index (χ0n) is 11.3. The van der Waals surface area contributed by atoms with Gasteiger partial charge in [-0.15, -0.1) is 0 Å². The molecule has 1 heterocycles. The first-order chi connectivity index (χ1) is 8.09. The third kappa shape index (κ3) is 5.80. The van der Waals surface area contributed by atoms with Crippen LogP contribution in [0.5, 0.6) is 0 Å². The van der Waals surface area contributed by atoms with Crippen LogP contribution in [-0.2, 0) is 6.42 Å². The van der Waals surface area contributed by atoms with Crippen LogP contribution in [0.15, 0.2) is 24.4 Å². The number of hydrogen-bond acceptors (Lipinski definition) is 3. The molecule has 1 atom stereocenters. The maximum absolute atomic E-state index is 6.03. The normalized spacial score (nSPS) is 13.3. The Morgan fingerprint density at radius 2 is 2.06 bits per heavy atom. The van der Waals surface area contributed by atoms with E-state index in [1.807, 2.05) is 18.3 Å². The molecule has 17 heavy (non-hydrogen) atoms. The summed E-state index contributed by atoms with van der Waals surface area (Å²) in [6, 6.07) is 6.38. The molecule has 0 saturated heterocycles. The number of likely N-dealkylation sites (N-methyl/N-ethyl adjacent to an activating group) is 1. The van der Waals surface area contributed by atoms with Crippen molar-refractivity contribution < 1.29 is 0 Å². The summed E-state index contributed by atoms with van der Waals surface area (Å²) >= 11 is 0. The first-order valence-electron chi connectivity index (χ1n) is 6.43. The van der Waals surface area contributed by atoms with Gasteiger partial charge < -0.3 is 10.6 Å². The van der Waals surface area contributed by atoms with Gasteiger partial charge >= 0.3 is 0 Å². The van der Waals surface area contributed by atoms with Crippen LogP contribution in [0.3, 0.4) is 0 Å². The number of pyridine rings is 1. The van der Waals surface area contributed by atoms with Gasteiger partial charge in [0.25, 0.3) is 0 Å². The van der Waals surface area contributed by atoms with Crippen LogP contribution in [0.1, 0.15) is 26.0 Å². The number of nitrogens with two attached hydrogens (primary N) is 1. The molecule has 1 unspecified atom stereocenters. The van der Waals surface area contributed by atoms with E-state index in [0.717, 1.165) is 31.6 Å². The SMILES string of the molecule is CC(C)C(N)CCN(C)CCc1ccccn1. The third-order valence-corrected chi connectivity index (χ3v) is 3.18. The lowest BCUT2D eigenvalue weighted by atomic mass is 10.0. The molecule has 0 aliphatic carbocycles. The van der Waals surface area contributed by atoms with Gasteiger partial charge in [-0.05, 0) is 38.1 Å². The number of aromatic nitrogens is 1. The van der Waals surface area contributed by atoms with E-state index in [9.17, 15) is 0 Å². The topological polar surface area (TPSA) is 42.1 Å². The molecule has 0 aliphatic heterocycles. The minimum atomic E-state index is 0.312. The van der Waals surface area contributed by atoms with E-state index in [2.05, 4.69) is 36.8 Å². The summed E-state index contributed by atoms with van der Waals surface area (Å²) in [6.07, 6.45) is 3.93. The van der Waals surface area contributed by atoms with E-state index in [1.54, 1.807) is 0 Å². The second-order valence-corrected chi connectivity index (χ2v) is 5.07. The van der Waals surface area contributed by atoms with Crippen LogP contribution in [0.2, 0.25) is 0 Å². The molecule has 0 spiro atoms. The summed E-state index contributed by atoms with van der Waals surface area (Å²) in [7, 11) is 2.15. The van der Waals surface area contributed by atoms with Crippen LogP contribution in [-0.4, -0.2) is 36.1 Å². The van der Waals surface area contributed by atoms with E-state index in [1.165, 1.54) is 0 Å². The molecule has 3 heteroatoms. The van der Waals surface area contributed by atoms with Crippen molar-refractivity contribution in [3.8, 4) is 0 Å². The van der Waals surface area contributed by atoms with Gasteiger partial charge in [-0.2, -0.15) is 0 Å². The molecule has 2 N–H and O–H groups in total. The van der Waals surface area contributed by atoms with Crippen molar-refractivity contribution in [3.63, 3.8) is 0 Å². The predicted octanol–water partition coefficient (Wildman–Crippen LogP) is 1.93. The second kappa shape index (κ2) is 7.41. The molecule has 0 bridgehead atoms. The Hall–Kier alpha value is -0.930. The summed E-state index contributed by atoms with van der Waals surface area (Å²) in [5.41, 5.74) is 7.19. The second-order valence-electron chi connectivity index (χ2n) is 5.07. The number of nitrogens with zero attached hydrogens (tertiary/aromatic N) is 2. The van der Waals surface area contributed by atoms with E-state index in [4.69, 9.17) is 5.73 Å². The maximum atomic E-state index is 6.03. The summed E-state index contributed by atoms with van der Waals surface area (Å²) in [5.74, 6) is 0.569. The average Bonchev–Trinajstić information content (AvgIpc) is 2.34. The first kappa shape index (κ1) is 14.1. The predicted molar refractivity (Wildman–Crippen MR) is 72.9 cm³/mol. The van der Waals surface area contributed by atoms with Crippen LogP contribution in [0, 0.1) is 5.92 Å². The van der Waals surface area contributed by atoms with Crippen LogP contribution in [0.25, 0.3) is 0 Å². The molecule has 96 valence electrons. The van der Waals surface area contributed by atoms with Gasteiger partial charge in [0.1, 0.15) is 0 Å². The van der Waals surface area contributed by atoms with Gasteiger partial charge in [-0.25, -0.2) is 0 Å². The lowest BCUT2D eigenvalue weighted by Gasteiger charge is -2.21. The van der Waals surface area contributed by atoms with Gasteiger partial charge in [0.05, 0.1) is 0 Å².